The van der Waals surface area contributed by atoms with Gasteiger partial charge >= 0.3 is 0 Å². The highest BCUT2D eigenvalue weighted by Gasteiger charge is 2.21. The molecule has 1 heterocycles. The Labute approximate surface area is 100 Å². The third kappa shape index (κ3) is 2.11. The number of aliphatic hydroxyl groups excluding tert-OH is 1. The SMILES string of the molecule is COc1cc2c(cc1Cl)NCCC2CCO. The Morgan fingerprint density at radius 1 is 1.56 bits per heavy atom. The van der Waals surface area contributed by atoms with Crippen molar-refractivity contribution in [3.8, 4) is 5.75 Å². The number of methoxy groups -OCH3 is 1. The lowest BCUT2D eigenvalue weighted by Crippen LogP contribution is -2.17. The minimum Gasteiger partial charge on any atom is -0.495 e. The smallest absolute Gasteiger partial charge is 0.137 e. The Morgan fingerprint density at radius 3 is 3.06 bits per heavy atom. The van der Waals surface area contributed by atoms with Crippen molar-refractivity contribution in [3.05, 3.63) is 22.7 Å². The average Bonchev–Trinajstić information content (AvgIpc) is 2.29. The molecule has 2 rings (SSSR count). The van der Waals surface area contributed by atoms with Crippen molar-refractivity contribution >= 4 is 17.3 Å². The van der Waals surface area contributed by atoms with Crippen molar-refractivity contribution < 1.29 is 9.84 Å². The quantitative estimate of drug-likeness (QED) is 0.855. The van der Waals surface area contributed by atoms with Crippen LogP contribution in [0.5, 0.6) is 5.75 Å². The van der Waals surface area contributed by atoms with E-state index in [4.69, 9.17) is 21.4 Å². The number of nitrogens with one attached hydrogen (secondary N) is 1. The van der Waals surface area contributed by atoms with Gasteiger partial charge in [-0.2, -0.15) is 0 Å². The van der Waals surface area contributed by atoms with Crippen LogP contribution in [0.25, 0.3) is 0 Å². The van der Waals surface area contributed by atoms with Crippen LogP contribution in [0.2, 0.25) is 5.02 Å². The first kappa shape index (κ1) is 11.6. The van der Waals surface area contributed by atoms with Gasteiger partial charge in [-0.25, -0.2) is 0 Å². The number of hydrogen-bond donors (Lipinski definition) is 2. The van der Waals surface area contributed by atoms with E-state index in [0.29, 0.717) is 16.7 Å². The van der Waals surface area contributed by atoms with Crippen LogP contribution in [0.1, 0.15) is 24.3 Å². The molecule has 0 saturated heterocycles. The lowest BCUT2D eigenvalue weighted by molar-refractivity contribution is 0.272. The minimum atomic E-state index is 0.217. The maximum Gasteiger partial charge on any atom is 0.137 e. The first-order chi connectivity index (χ1) is 7.76. The Balaban J connectivity index is 2.38. The number of rotatable bonds is 3. The maximum absolute atomic E-state index is 9.05. The number of anilines is 1. The van der Waals surface area contributed by atoms with Gasteiger partial charge in [-0.3, -0.25) is 0 Å². The summed E-state index contributed by atoms with van der Waals surface area (Å²) in [4.78, 5) is 0. The first-order valence-corrected chi connectivity index (χ1v) is 5.86. The van der Waals surface area contributed by atoms with Crippen molar-refractivity contribution in [2.24, 2.45) is 0 Å². The number of halogens is 1. The van der Waals surface area contributed by atoms with Crippen LogP contribution in [0, 0.1) is 0 Å². The van der Waals surface area contributed by atoms with E-state index < -0.39 is 0 Å². The number of ether oxygens (including phenoxy) is 1. The summed E-state index contributed by atoms with van der Waals surface area (Å²) in [6, 6.07) is 3.88. The maximum atomic E-state index is 9.05. The van der Waals surface area contributed by atoms with E-state index in [1.54, 1.807) is 7.11 Å². The van der Waals surface area contributed by atoms with E-state index in [0.717, 1.165) is 25.1 Å². The molecule has 0 amide bonds. The second-order valence-corrected chi connectivity index (χ2v) is 4.41. The van der Waals surface area contributed by atoms with Crippen molar-refractivity contribution in [3.63, 3.8) is 0 Å². The molecule has 3 nitrogen and oxygen atoms in total. The lowest BCUT2D eigenvalue weighted by Gasteiger charge is -2.27. The Hall–Kier alpha value is -0.930. The van der Waals surface area contributed by atoms with E-state index in [9.17, 15) is 0 Å². The van der Waals surface area contributed by atoms with Crippen molar-refractivity contribution in [1.82, 2.24) is 0 Å². The van der Waals surface area contributed by atoms with Crippen molar-refractivity contribution in [2.45, 2.75) is 18.8 Å². The van der Waals surface area contributed by atoms with Gasteiger partial charge in [0.05, 0.1) is 12.1 Å². The summed E-state index contributed by atoms with van der Waals surface area (Å²) in [7, 11) is 1.62. The molecule has 1 unspecified atom stereocenters. The molecule has 1 aliphatic heterocycles. The Bertz CT molecular complexity index is 382. The predicted octanol–water partition coefficient (Wildman–Crippen LogP) is 2.63. The fourth-order valence-corrected chi connectivity index (χ4v) is 2.45. The Kier molecular flexibility index (Phi) is 3.56. The summed E-state index contributed by atoms with van der Waals surface area (Å²) in [6.07, 6.45) is 1.83. The molecule has 0 radical (unpaired) electrons. The van der Waals surface area contributed by atoms with Gasteiger partial charge in [-0.1, -0.05) is 11.6 Å². The molecule has 2 N–H and O–H groups in total. The van der Waals surface area contributed by atoms with E-state index in [2.05, 4.69) is 5.32 Å². The Morgan fingerprint density at radius 2 is 2.38 bits per heavy atom. The summed E-state index contributed by atoms with van der Waals surface area (Å²) >= 11 is 6.07. The van der Waals surface area contributed by atoms with E-state index >= 15 is 0 Å². The molecule has 16 heavy (non-hydrogen) atoms. The van der Waals surface area contributed by atoms with Crippen molar-refractivity contribution in [1.29, 1.82) is 0 Å². The first-order valence-electron chi connectivity index (χ1n) is 5.48. The van der Waals surface area contributed by atoms with Gasteiger partial charge in [0.2, 0.25) is 0 Å². The van der Waals surface area contributed by atoms with Gasteiger partial charge in [0.1, 0.15) is 5.75 Å². The molecule has 0 bridgehead atoms. The van der Waals surface area contributed by atoms with E-state index in [1.807, 2.05) is 12.1 Å². The number of hydrogen-bond acceptors (Lipinski definition) is 3. The van der Waals surface area contributed by atoms with Crippen LogP contribution >= 0.6 is 11.6 Å². The molecular weight excluding hydrogens is 226 g/mol. The molecule has 0 spiro atoms. The second-order valence-electron chi connectivity index (χ2n) is 4.00. The molecule has 1 aromatic carbocycles. The van der Waals surface area contributed by atoms with Crippen LogP contribution in [0.3, 0.4) is 0 Å². The topological polar surface area (TPSA) is 41.5 Å². The molecular formula is C12H16ClNO2. The van der Waals surface area contributed by atoms with Crippen molar-refractivity contribution in [2.75, 3.05) is 25.6 Å². The second kappa shape index (κ2) is 4.93. The summed E-state index contributed by atoms with van der Waals surface area (Å²) in [5.74, 6) is 1.10. The van der Waals surface area contributed by atoms with Gasteiger partial charge in [0, 0.05) is 18.8 Å². The zero-order valence-electron chi connectivity index (χ0n) is 9.29. The molecule has 0 aliphatic carbocycles. The molecule has 4 heteroatoms. The van der Waals surface area contributed by atoms with Gasteiger partial charge in [-0.05, 0) is 36.5 Å². The summed E-state index contributed by atoms with van der Waals surface area (Å²) < 4.78 is 5.22. The standard InChI is InChI=1S/C12H16ClNO2/c1-16-12-6-9-8(3-5-15)2-4-14-11(9)7-10(12)13/h6-8,14-15H,2-5H2,1H3. The third-order valence-corrected chi connectivity index (χ3v) is 3.34. The molecule has 1 aliphatic rings. The highest BCUT2D eigenvalue weighted by atomic mass is 35.5. The number of benzene rings is 1. The molecule has 0 saturated carbocycles. The fourth-order valence-electron chi connectivity index (χ4n) is 2.21. The van der Waals surface area contributed by atoms with Crippen LogP contribution in [-0.2, 0) is 0 Å². The number of aliphatic hydroxyl groups is 1. The summed E-state index contributed by atoms with van der Waals surface area (Å²) in [5, 5.41) is 13.0. The monoisotopic (exact) mass is 241 g/mol. The fraction of sp³-hybridized carbons (Fsp3) is 0.500. The van der Waals surface area contributed by atoms with Crippen LogP contribution < -0.4 is 10.1 Å². The highest BCUT2D eigenvalue weighted by molar-refractivity contribution is 6.32. The van der Waals surface area contributed by atoms with E-state index in [1.165, 1.54) is 5.56 Å². The highest BCUT2D eigenvalue weighted by Crippen LogP contribution is 2.39. The predicted molar refractivity (Wildman–Crippen MR) is 65.6 cm³/mol. The van der Waals surface area contributed by atoms with Crippen LogP contribution in [0.4, 0.5) is 5.69 Å². The minimum absolute atomic E-state index is 0.217. The molecule has 0 fully saturated rings. The molecule has 88 valence electrons. The molecule has 1 atom stereocenters. The lowest BCUT2D eigenvalue weighted by atomic mass is 9.88. The van der Waals surface area contributed by atoms with Gasteiger partial charge in [0.25, 0.3) is 0 Å². The largest absolute Gasteiger partial charge is 0.495 e. The van der Waals surface area contributed by atoms with Gasteiger partial charge in [-0.15, -0.1) is 0 Å². The number of fused-ring (bicyclic) bond motifs is 1. The third-order valence-electron chi connectivity index (χ3n) is 3.05. The summed E-state index contributed by atoms with van der Waals surface area (Å²) in [5.41, 5.74) is 2.26. The average molecular weight is 242 g/mol. The van der Waals surface area contributed by atoms with Crippen LogP contribution in [-0.4, -0.2) is 25.4 Å². The normalized spacial score (nSPS) is 18.8. The molecule has 0 aromatic heterocycles. The summed E-state index contributed by atoms with van der Waals surface area (Å²) in [6.45, 7) is 1.15. The van der Waals surface area contributed by atoms with Gasteiger partial charge in [0.15, 0.2) is 0 Å². The van der Waals surface area contributed by atoms with E-state index in [-0.39, 0.29) is 6.61 Å². The molecule has 1 aromatic rings. The van der Waals surface area contributed by atoms with Gasteiger partial charge < -0.3 is 15.2 Å². The zero-order valence-corrected chi connectivity index (χ0v) is 10.0. The zero-order chi connectivity index (χ0) is 11.5. The van der Waals surface area contributed by atoms with Crippen LogP contribution in [0.15, 0.2) is 12.1 Å².